The van der Waals surface area contributed by atoms with Crippen molar-refractivity contribution >= 4 is 23.5 Å². The maximum atomic E-state index is 11.8. The smallest absolute Gasteiger partial charge is 0.323 e. The molecule has 0 saturated carbocycles. The van der Waals surface area contributed by atoms with Crippen LogP contribution in [0.2, 0.25) is 5.02 Å². The fraction of sp³-hybridized carbons (Fsp3) is 0.273. The maximum absolute atomic E-state index is 11.8. The molecule has 1 N–H and O–H groups in total. The highest BCUT2D eigenvalue weighted by Crippen LogP contribution is 2.25. The standard InChI is InChI=1S/C11H12ClNO4/c1-13(6-10(14)15)11(16)7-3-4-9(17-2)8(12)5-7/h3-5H,6H2,1-2H3,(H,14,15). The molecule has 0 fully saturated rings. The summed E-state index contributed by atoms with van der Waals surface area (Å²) in [5.74, 6) is -1.01. The predicted molar refractivity (Wildman–Crippen MR) is 62.6 cm³/mol. The summed E-state index contributed by atoms with van der Waals surface area (Å²) in [5.41, 5.74) is 0.319. The van der Waals surface area contributed by atoms with Crippen molar-refractivity contribution in [3.8, 4) is 5.75 Å². The number of amides is 1. The zero-order valence-corrected chi connectivity index (χ0v) is 10.2. The van der Waals surface area contributed by atoms with E-state index in [1.807, 2.05) is 0 Å². The average Bonchev–Trinajstić information content (AvgIpc) is 2.27. The molecule has 1 aromatic rings. The number of carboxylic acid groups (broad SMARTS) is 1. The average molecular weight is 258 g/mol. The number of hydrogen-bond acceptors (Lipinski definition) is 3. The first-order chi connectivity index (χ1) is 7.95. The summed E-state index contributed by atoms with van der Waals surface area (Å²) < 4.78 is 4.95. The number of carboxylic acids is 1. The second kappa shape index (κ2) is 5.54. The highest BCUT2D eigenvalue weighted by molar-refractivity contribution is 6.32. The summed E-state index contributed by atoms with van der Waals surface area (Å²) in [7, 11) is 2.88. The SMILES string of the molecule is COc1ccc(C(=O)N(C)CC(=O)O)cc1Cl. The van der Waals surface area contributed by atoms with E-state index in [-0.39, 0.29) is 6.54 Å². The molecule has 0 saturated heterocycles. The van der Waals surface area contributed by atoms with Crippen molar-refractivity contribution in [1.29, 1.82) is 0 Å². The maximum Gasteiger partial charge on any atom is 0.323 e. The number of likely N-dealkylation sites (N-methyl/N-ethyl adjacent to an activating group) is 1. The van der Waals surface area contributed by atoms with Crippen LogP contribution in [0.25, 0.3) is 0 Å². The fourth-order valence-corrected chi connectivity index (χ4v) is 1.55. The van der Waals surface area contributed by atoms with Crippen LogP contribution in [0.15, 0.2) is 18.2 Å². The van der Waals surface area contributed by atoms with E-state index in [0.29, 0.717) is 16.3 Å². The number of aliphatic carboxylic acids is 1. The summed E-state index contributed by atoms with van der Waals surface area (Å²) >= 11 is 5.87. The number of nitrogens with zero attached hydrogens (tertiary/aromatic N) is 1. The molecule has 0 heterocycles. The number of hydrogen-bond donors (Lipinski definition) is 1. The van der Waals surface area contributed by atoms with Crippen molar-refractivity contribution in [1.82, 2.24) is 4.90 Å². The van der Waals surface area contributed by atoms with E-state index < -0.39 is 11.9 Å². The van der Waals surface area contributed by atoms with Crippen LogP contribution in [0.5, 0.6) is 5.75 Å². The summed E-state index contributed by atoms with van der Waals surface area (Å²) in [6.45, 7) is -0.359. The number of benzene rings is 1. The first-order valence-electron chi connectivity index (χ1n) is 4.76. The minimum Gasteiger partial charge on any atom is -0.495 e. The van der Waals surface area contributed by atoms with Gasteiger partial charge in [0.2, 0.25) is 0 Å². The molecule has 0 bridgehead atoms. The summed E-state index contributed by atoms with van der Waals surface area (Å²) in [6.07, 6.45) is 0. The monoisotopic (exact) mass is 257 g/mol. The number of carbonyl (C=O) groups is 2. The van der Waals surface area contributed by atoms with E-state index in [1.165, 1.54) is 26.3 Å². The molecule has 0 aliphatic carbocycles. The third-order valence-corrected chi connectivity index (χ3v) is 2.41. The molecule has 1 rings (SSSR count). The molecule has 0 radical (unpaired) electrons. The first-order valence-corrected chi connectivity index (χ1v) is 5.14. The number of carbonyl (C=O) groups excluding carboxylic acids is 1. The molecule has 17 heavy (non-hydrogen) atoms. The van der Waals surface area contributed by atoms with Crippen molar-refractivity contribution < 1.29 is 19.4 Å². The van der Waals surface area contributed by atoms with Gasteiger partial charge in [-0.1, -0.05) is 11.6 Å². The van der Waals surface area contributed by atoms with Crippen molar-refractivity contribution in [3.05, 3.63) is 28.8 Å². The fourth-order valence-electron chi connectivity index (χ4n) is 1.29. The van der Waals surface area contributed by atoms with Crippen LogP contribution < -0.4 is 4.74 Å². The normalized spacial score (nSPS) is 9.82. The topological polar surface area (TPSA) is 66.8 Å². The lowest BCUT2D eigenvalue weighted by molar-refractivity contribution is -0.137. The minimum absolute atomic E-state index is 0.307. The highest BCUT2D eigenvalue weighted by atomic mass is 35.5. The quantitative estimate of drug-likeness (QED) is 0.888. The Kier molecular flexibility index (Phi) is 4.34. The van der Waals surface area contributed by atoms with Crippen molar-refractivity contribution in [3.63, 3.8) is 0 Å². The van der Waals surface area contributed by atoms with Gasteiger partial charge in [-0.3, -0.25) is 9.59 Å². The molecule has 0 aromatic heterocycles. The van der Waals surface area contributed by atoms with Gasteiger partial charge in [-0.2, -0.15) is 0 Å². The molecule has 0 unspecified atom stereocenters. The molecule has 92 valence electrons. The van der Waals surface area contributed by atoms with E-state index in [4.69, 9.17) is 21.4 Å². The molecular weight excluding hydrogens is 246 g/mol. The lowest BCUT2D eigenvalue weighted by atomic mass is 10.2. The van der Waals surface area contributed by atoms with Gasteiger partial charge in [0, 0.05) is 12.6 Å². The van der Waals surface area contributed by atoms with E-state index in [9.17, 15) is 9.59 Å². The zero-order valence-electron chi connectivity index (χ0n) is 9.44. The Morgan fingerprint density at radius 1 is 1.47 bits per heavy atom. The molecule has 1 amide bonds. The largest absolute Gasteiger partial charge is 0.495 e. The first kappa shape index (κ1) is 13.3. The Hall–Kier alpha value is -1.75. The van der Waals surface area contributed by atoms with Crippen LogP contribution in [0.1, 0.15) is 10.4 Å². The number of methoxy groups -OCH3 is 1. The van der Waals surface area contributed by atoms with Crippen molar-refractivity contribution in [2.75, 3.05) is 20.7 Å². The molecular formula is C11H12ClNO4. The van der Waals surface area contributed by atoms with Crippen molar-refractivity contribution in [2.45, 2.75) is 0 Å². The van der Waals surface area contributed by atoms with Crippen LogP contribution >= 0.6 is 11.6 Å². The van der Waals surface area contributed by atoms with Gasteiger partial charge in [0.05, 0.1) is 12.1 Å². The van der Waals surface area contributed by atoms with E-state index >= 15 is 0 Å². The predicted octanol–water partition coefficient (Wildman–Crippen LogP) is 1.51. The van der Waals surface area contributed by atoms with Gasteiger partial charge in [0.25, 0.3) is 5.91 Å². The van der Waals surface area contributed by atoms with E-state index in [2.05, 4.69) is 0 Å². The van der Waals surface area contributed by atoms with Gasteiger partial charge in [-0.15, -0.1) is 0 Å². The number of ether oxygens (including phenoxy) is 1. The van der Waals surface area contributed by atoms with Gasteiger partial charge in [-0.05, 0) is 18.2 Å². The summed E-state index contributed by atoms with van der Waals surface area (Å²) in [5, 5.41) is 8.88. The van der Waals surface area contributed by atoms with Gasteiger partial charge < -0.3 is 14.7 Å². The molecule has 0 aliphatic rings. The second-order valence-corrected chi connectivity index (χ2v) is 3.81. The molecule has 5 nitrogen and oxygen atoms in total. The van der Waals surface area contributed by atoms with Crippen LogP contribution in [0.3, 0.4) is 0 Å². The lowest BCUT2D eigenvalue weighted by Crippen LogP contribution is -2.31. The van der Waals surface area contributed by atoms with Gasteiger partial charge in [0.15, 0.2) is 0 Å². The van der Waals surface area contributed by atoms with Crippen LogP contribution in [-0.2, 0) is 4.79 Å². The molecule has 1 aromatic carbocycles. The summed E-state index contributed by atoms with van der Waals surface area (Å²) in [6, 6.07) is 4.54. The molecule has 0 atom stereocenters. The van der Waals surface area contributed by atoms with Gasteiger partial charge in [-0.25, -0.2) is 0 Å². The molecule has 0 spiro atoms. The van der Waals surface area contributed by atoms with Crippen LogP contribution in [0, 0.1) is 0 Å². The molecule has 0 aliphatic heterocycles. The Labute approximate surface area is 104 Å². The zero-order chi connectivity index (χ0) is 13.0. The minimum atomic E-state index is -1.07. The number of rotatable bonds is 4. The third kappa shape index (κ3) is 3.35. The van der Waals surface area contributed by atoms with E-state index in [0.717, 1.165) is 4.90 Å². The Morgan fingerprint density at radius 2 is 2.12 bits per heavy atom. The lowest BCUT2D eigenvalue weighted by Gasteiger charge is -2.15. The third-order valence-electron chi connectivity index (χ3n) is 2.12. The second-order valence-electron chi connectivity index (χ2n) is 3.40. The van der Waals surface area contributed by atoms with Gasteiger partial charge in [0.1, 0.15) is 12.3 Å². The van der Waals surface area contributed by atoms with Crippen LogP contribution in [0.4, 0.5) is 0 Å². The highest BCUT2D eigenvalue weighted by Gasteiger charge is 2.15. The molecule has 6 heteroatoms. The van der Waals surface area contributed by atoms with Crippen LogP contribution in [-0.4, -0.2) is 42.6 Å². The van der Waals surface area contributed by atoms with Crippen molar-refractivity contribution in [2.24, 2.45) is 0 Å². The Balaban J connectivity index is 2.89. The van der Waals surface area contributed by atoms with E-state index in [1.54, 1.807) is 6.07 Å². The Morgan fingerprint density at radius 3 is 2.59 bits per heavy atom. The number of halogens is 1. The summed E-state index contributed by atoms with van der Waals surface area (Å²) in [4.78, 5) is 23.4. The van der Waals surface area contributed by atoms with Gasteiger partial charge >= 0.3 is 5.97 Å². The Bertz CT molecular complexity index is 447.